The van der Waals surface area contributed by atoms with Crippen molar-refractivity contribution >= 4 is 78.8 Å². The number of nitrogens with one attached hydrogen (secondary N) is 1. The number of para-hydroxylation sites is 1. The third-order valence-electron chi connectivity index (χ3n) is 4.53. The molecule has 0 atom stereocenters. The molecule has 1 aromatic heterocycles. The number of benzene rings is 3. The maximum Gasteiger partial charge on any atom is 0.339 e. The molecule has 0 aliphatic rings. The molecule has 0 spiro atoms. The Labute approximate surface area is 220 Å². The second kappa shape index (κ2) is 11.0. The molecule has 1 heterocycles. The van der Waals surface area contributed by atoms with Gasteiger partial charge in [-0.05, 0) is 48.9 Å². The molecule has 12 heteroatoms. The van der Waals surface area contributed by atoms with Gasteiger partial charge in [0.2, 0.25) is 0 Å². The Morgan fingerprint density at radius 2 is 1.83 bits per heavy atom. The molecule has 35 heavy (non-hydrogen) atoms. The highest BCUT2D eigenvalue weighted by atomic mass is 35.5. The van der Waals surface area contributed by atoms with E-state index in [9.17, 15) is 13.2 Å². The zero-order valence-electron chi connectivity index (χ0n) is 18.1. The molecule has 0 radical (unpaired) electrons. The topological polar surface area (TPSA) is 97.7 Å². The summed E-state index contributed by atoms with van der Waals surface area (Å²) >= 11 is 15.3. The fourth-order valence-corrected chi connectivity index (χ4v) is 6.35. The first-order valence-electron chi connectivity index (χ1n) is 10.0. The molecule has 0 aliphatic carbocycles. The molecule has 0 bridgehead atoms. The number of thiazole rings is 1. The van der Waals surface area contributed by atoms with Crippen molar-refractivity contribution in [1.29, 1.82) is 0 Å². The Morgan fingerprint density at radius 1 is 1.14 bits per heavy atom. The van der Waals surface area contributed by atoms with Gasteiger partial charge in [-0.1, -0.05) is 64.8 Å². The van der Waals surface area contributed by atoms with E-state index in [2.05, 4.69) is 15.5 Å². The van der Waals surface area contributed by atoms with Crippen LogP contribution in [0, 0.1) is 6.92 Å². The number of carbonyl (C=O) groups is 1. The van der Waals surface area contributed by atoms with Crippen LogP contribution in [0.5, 0.6) is 5.75 Å². The van der Waals surface area contributed by atoms with Gasteiger partial charge in [-0.25, -0.2) is 10.4 Å². The van der Waals surface area contributed by atoms with Crippen molar-refractivity contribution in [3.05, 3.63) is 81.8 Å². The average Bonchev–Trinajstić information content (AvgIpc) is 3.24. The molecule has 7 nitrogen and oxygen atoms in total. The number of carbonyl (C=O) groups excluding carboxylic acids is 1. The van der Waals surface area contributed by atoms with Gasteiger partial charge >= 0.3 is 10.1 Å². The van der Waals surface area contributed by atoms with Crippen LogP contribution in [-0.2, 0) is 14.9 Å². The molecule has 0 saturated carbocycles. The molecule has 0 saturated heterocycles. The van der Waals surface area contributed by atoms with Crippen molar-refractivity contribution in [2.24, 2.45) is 5.10 Å². The quantitative estimate of drug-likeness (QED) is 0.123. The molecule has 0 unspecified atom stereocenters. The van der Waals surface area contributed by atoms with Crippen LogP contribution < -0.4 is 9.61 Å². The van der Waals surface area contributed by atoms with Crippen molar-refractivity contribution in [3.63, 3.8) is 0 Å². The molecule has 4 aromatic rings. The summed E-state index contributed by atoms with van der Waals surface area (Å²) in [5.41, 5.74) is 4.67. The molecule has 1 N–H and O–H groups in total. The highest BCUT2D eigenvalue weighted by Gasteiger charge is 2.21. The van der Waals surface area contributed by atoms with E-state index >= 15 is 0 Å². The summed E-state index contributed by atoms with van der Waals surface area (Å²) in [4.78, 5) is 16.6. The van der Waals surface area contributed by atoms with E-state index in [0.717, 1.165) is 20.1 Å². The zero-order chi connectivity index (χ0) is 25.0. The van der Waals surface area contributed by atoms with Gasteiger partial charge in [0.05, 0.1) is 32.2 Å². The number of aromatic nitrogens is 1. The van der Waals surface area contributed by atoms with Crippen molar-refractivity contribution in [1.82, 2.24) is 10.4 Å². The summed E-state index contributed by atoms with van der Waals surface area (Å²) in [6, 6.07) is 16.8. The van der Waals surface area contributed by atoms with Crippen LogP contribution in [0.3, 0.4) is 0 Å². The van der Waals surface area contributed by atoms with Crippen LogP contribution in [0.2, 0.25) is 10.0 Å². The number of halogens is 2. The van der Waals surface area contributed by atoms with Crippen molar-refractivity contribution < 1.29 is 17.4 Å². The first kappa shape index (κ1) is 25.5. The zero-order valence-corrected chi connectivity index (χ0v) is 22.0. The number of amides is 1. The van der Waals surface area contributed by atoms with E-state index in [1.54, 1.807) is 12.1 Å². The third kappa shape index (κ3) is 6.53. The van der Waals surface area contributed by atoms with E-state index in [0.29, 0.717) is 5.56 Å². The summed E-state index contributed by atoms with van der Waals surface area (Å²) in [5, 5.41) is 3.87. The van der Waals surface area contributed by atoms with Gasteiger partial charge in [-0.2, -0.15) is 13.5 Å². The Bertz CT molecular complexity index is 1460. The summed E-state index contributed by atoms with van der Waals surface area (Å²) < 4.78 is 32.1. The van der Waals surface area contributed by atoms with Crippen molar-refractivity contribution in [3.8, 4) is 5.75 Å². The van der Waals surface area contributed by atoms with Crippen LogP contribution >= 0.6 is 46.3 Å². The Kier molecular flexibility index (Phi) is 7.98. The number of nitrogens with zero attached hydrogens (tertiary/aromatic N) is 2. The van der Waals surface area contributed by atoms with E-state index < -0.39 is 10.1 Å². The van der Waals surface area contributed by atoms with E-state index in [4.69, 9.17) is 27.4 Å². The summed E-state index contributed by atoms with van der Waals surface area (Å²) in [5.74, 6) is -0.364. The molecule has 3 aromatic carbocycles. The predicted molar refractivity (Wildman–Crippen MR) is 142 cm³/mol. The van der Waals surface area contributed by atoms with Crippen molar-refractivity contribution in [2.75, 3.05) is 5.75 Å². The van der Waals surface area contributed by atoms with Gasteiger partial charge in [0.15, 0.2) is 10.1 Å². The SMILES string of the molecule is Cc1ccc(S(=O)(=O)Oc2c(Cl)cc(/C=N\NC(=O)CSc3nc4ccccc4s3)cc2Cl)cc1. The van der Waals surface area contributed by atoms with Crippen LogP contribution in [0.1, 0.15) is 11.1 Å². The maximum absolute atomic E-state index is 12.5. The van der Waals surface area contributed by atoms with E-state index in [-0.39, 0.29) is 32.4 Å². The third-order valence-corrected chi connectivity index (χ3v) is 8.50. The predicted octanol–water partition coefficient (Wildman–Crippen LogP) is 5.92. The minimum atomic E-state index is -4.12. The second-order valence-electron chi connectivity index (χ2n) is 7.19. The number of hydrogen-bond donors (Lipinski definition) is 1. The number of thioether (sulfide) groups is 1. The molecule has 4 rings (SSSR count). The van der Waals surface area contributed by atoms with Gasteiger partial charge in [-0.3, -0.25) is 4.79 Å². The van der Waals surface area contributed by atoms with Gasteiger partial charge < -0.3 is 4.18 Å². The lowest BCUT2D eigenvalue weighted by molar-refractivity contribution is -0.118. The lowest BCUT2D eigenvalue weighted by Crippen LogP contribution is -2.19. The van der Waals surface area contributed by atoms with Crippen LogP contribution in [0.25, 0.3) is 10.2 Å². The Hall–Kier alpha value is -2.63. The molecule has 0 fully saturated rings. The molecule has 0 aliphatic heterocycles. The minimum absolute atomic E-state index is 0.0210. The van der Waals surface area contributed by atoms with E-state index in [1.807, 2.05) is 31.2 Å². The standard InChI is InChI=1S/C23H17Cl2N3O4S3/c1-14-6-8-16(9-7-14)35(30,31)32-22-17(24)10-15(11-18(22)25)12-26-28-21(29)13-33-23-27-19-4-2-3-5-20(19)34-23/h2-12H,13H2,1H3,(H,28,29)/b26-12-. The number of fused-ring (bicyclic) bond motifs is 1. The van der Waals surface area contributed by atoms with Gasteiger partial charge in [0, 0.05) is 0 Å². The summed E-state index contributed by atoms with van der Waals surface area (Å²) in [7, 11) is -4.12. The minimum Gasteiger partial charge on any atom is -0.376 e. The number of hydrazone groups is 1. The summed E-state index contributed by atoms with van der Waals surface area (Å²) in [6.07, 6.45) is 1.34. The average molecular weight is 567 g/mol. The molecule has 1 amide bonds. The molecular formula is C23H17Cl2N3O4S3. The largest absolute Gasteiger partial charge is 0.376 e. The highest BCUT2D eigenvalue weighted by Crippen LogP contribution is 2.36. The van der Waals surface area contributed by atoms with Gasteiger partial charge in [-0.15, -0.1) is 11.3 Å². The monoisotopic (exact) mass is 565 g/mol. The number of rotatable bonds is 8. The number of hydrogen-bond acceptors (Lipinski definition) is 8. The first-order valence-corrected chi connectivity index (χ1v) is 14.0. The lowest BCUT2D eigenvalue weighted by Gasteiger charge is -2.11. The Balaban J connectivity index is 1.36. The first-order chi connectivity index (χ1) is 16.7. The smallest absolute Gasteiger partial charge is 0.339 e. The maximum atomic E-state index is 12.5. The van der Waals surface area contributed by atoms with Crippen molar-refractivity contribution in [2.45, 2.75) is 16.2 Å². The van der Waals surface area contributed by atoms with E-state index in [1.165, 1.54) is 53.6 Å². The number of aryl methyl sites for hydroxylation is 1. The Morgan fingerprint density at radius 3 is 2.51 bits per heavy atom. The van der Waals surface area contributed by atoms with Crippen LogP contribution in [0.4, 0.5) is 0 Å². The summed E-state index contributed by atoms with van der Waals surface area (Å²) in [6.45, 7) is 1.84. The lowest BCUT2D eigenvalue weighted by atomic mass is 10.2. The fourth-order valence-electron chi connectivity index (χ4n) is 2.85. The van der Waals surface area contributed by atoms with Crippen LogP contribution in [-0.4, -0.2) is 31.3 Å². The van der Waals surface area contributed by atoms with Crippen LogP contribution in [0.15, 0.2) is 75.0 Å². The molecular weight excluding hydrogens is 549 g/mol. The fraction of sp³-hybridized carbons (Fsp3) is 0.0870. The second-order valence-corrected chi connectivity index (χ2v) is 11.8. The van der Waals surface area contributed by atoms with Gasteiger partial charge in [0.25, 0.3) is 5.91 Å². The van der Waals surface area contributed by atoms with Gasteiger partial charge in [0.1, 0.15) is 4.90 Å². The normalized spacial score (nSPS) is 11.7. The molecule has 180 valence electrons. The highest BCUT2D eigenvalue weighted by molar-refractivity contribution is 8.01.